The summed E-state index contributed by atoms with van der Waals surface area (Å²) in [6.07, 6.45) is 0. The van der Waals surface area contributed by atoms with Crippen molar-refractivity contribution in [2.75, 3.05) is 9.91 Å². The molecule has 1 aliphatic rings. The summed E-state index contributed by atoms with van der Waals surface area (Å²) in [7, 11) is 0. The first-order valence-corrected chi connectivity index (χ1v) is 19.4. The Morgan fingerprint density at radius 3 is 1.60 bits per heavy atom. The van der Waals surface area contributed by atoms with Crippen LogP contribution in [0.2, 0.25) is 0 Å². The van der Waals surface area contributed by atoms with Crippen molar-refractivity contribution in [3.8, 4) is 6.07 Å². The van der Waals surface area contributed by atoms with Gasteiger partial charge >= 0.3 is 0 Å². The van der Waals surface area contributed by atoms with Crippen molar-refractivity contribution < 1.29 is 22.4 Å². The molecule has 7 rings (SSSR count). The van der Waals surface area contributed by atoms with Crippen molar-refractivity contribution in [3.05, 3.63) is 149 Å². The fourth-order valence-corrected chi connectivity index (χ4v) is 7.33. The molecule has 6 heteroatoms. The van der Waals surface area contributed by atoms with E-state index in [9.17, 15) is 0 Å². The van der Waals surface area contributed by atoms with Gasteiger partial charge in [-0.2, -0.15) is 10.4 Å². The summed E-state index contributed by atoms with van der Waals surface area (Å²) in [5.74, 6) is 2.56. The first kappa shape index (κ1) is 41.6. The van der Waals surface area contributed by atoms with E-state index in [1.54, 1.807) is 0 Å². The van der Waals surface area contributed by atoms with Gasteiger partial charge in [0.05, 0.1) is 11.6 Å². The summed E-state index contributed by atoms with van der Waals surface area (Å²) >= 11 is 0. The van der Waals surface area contributed by atoms with Crippen molar-refractivity contribution in [1.29, 1.82) is 5.26 Å². The van der Waals surface area contributed by atoms with Gasteiger partial charge in [0.1, 0.15) is 5.84 Å². The molecule has 289 valence electrons. The minimum Gasteiger partial charge on any atom is -0.657 e. The van der Waals surface area contributed by atoms with Crippen LogP contribution < -0.4 is 14.9 Å². The molecule has 0 aliphatic carbocycles. The summed E-state index contributed by atoms with van der Waals surface area (Å²) in [5, 5.41) is 18.7. The van der Waals surface area contributed by atoms with Crippen molar-refractivity contribution in [3.63, 3.8) is 0 Å². The van der Waals surface area contributed by atoms with Gasteiger partial charge in [-0.3, -0.25) is 0 Å². The summed E-state index contributed by atoms with van der Waals surface area (Å²) in [4.78, 5) is 6.94. The minimum absolute atomic E-state index is 0. The quantitative estimate of drug-likeness (QED) is 0.118. The van der Waals surface area contributed by atoms with E-state index in [-0.39, 0.29) is 27.8 Å². The number of fused-ring (bicyclic) bond motifs is 3. The average Bonchev–Trinajstić information content (AvgIpc) is 3.75. The van der Waals surface area contributed by atoms with Crippen LogP contribution in [0.1, 0.15) is 139 Å². The third kappa shape index (κ3) is 8.63. The van der Waals surface area contributed by atoms with Crippen molar-refractivity contribution in [2.24, 2.45) is 5.10 Å². The number of nitriles is 1. The number of para-hydroxylation sites is 2. The predicted octanol–water partition coefficient (Wildman–Crippen LogP) is 13.1. The number of aromatic nitrogens is 1. The number of benzene rings is 5. The maximum atomic E-state index is 9.02. The topological polar surface area (TPSA) is 56.7 Å². The molecule has 0 N–H and O–H groups in total. The third-order valence-corrected chi connectivity index (χ3v) is 10.4. The zero-order valence-electron chi connectivity index (χ0n) is 34.2. The third-order valence-electron chi connectivity index (χ3n) is 10.4. The molecule has 1 radical (unpaired) electrons. The number of rotatable bonds is 7. The molecule has 0 bridgehead atoms. The van der Waals surface area contributed by atoms with E-state index in [4.69, 9.17) is 10.4 Å². The number of anilines is 2. The summed E-state index contributed by atoms with van der Waals surface area (Å²) in [6, 6.07) is 38.3. The number of nitrogens with zero attached hydrogens (tertiary/aromatic N) is 5. The fourth-order valence-electron chi connectivity index (χ4n) is 7.33. The van der Waals surface area contributed by atoms with Crippen LogP contribution in [0, 0.1) is 18.0 Å². The van der Waals surface area contributed by atoms with E-state index < -0.39 is 0 Å². The van der Waals surface area contributed by atoms with Gasteiger partial charge in [0.15, 0.2) is 0 Å². The fraction of sp³-hybridized carbons (Fsp3) is 0.327. The van der Waals surface area contributed by atoms with Gasteiger partial charge in [0.25, 0.3) is 0 Å². The monoisotopic (exact) mass is 910 g/mol. The Bertz CT molecular complexity index is 2280. The molecule has 0 saturated heterocycles. The largest absolute Gasteiger partial charge is 0.657 e. The Balaban J connectivity index is 0.000000244. The Labute approximate surface area is 345 Å². The molecule has 5 nitrogen and oxygen atoms in total. The van der Waals surface area contributed by atoms with E-state index in [0.717, 1.165) is 33.2 Å². The molecule has 55 heavy (non-hydrogen) atoms. The van der Waals surface area contributed by atoms with Crippen LogP contribution >= 0.6 is 0 Å². The first-order valence-electron chi connectivity index (χ1n) is 19.4. The molecule has 0 amide bonds. The molecule has 1 aliphatic heterocycles. The second-order valence-electron chi connectivity index (χ2n) is 16.7. The zero-order chi connectivity index (χ0) is 38.9. The van der Waals surface area contributed by atoms with Crippen LogP contribution in [0.4, 0.5) is 11.4 Å². The number of hydrogen-bond donors (Lipinski definition) is 0. The van der Waals surface area contributed by atoms with Crippen LogP contribution in [0.3, 0.4) is 0 Å². The predicted molar refractivity (Wildman–Crippen MR) is 230 cm³/mol. The Kier molecular flexibility index (Phi) is 12.9. The molecular formula is C49H55AuN5-2. The molecular weight excluding hydrogens is 856 g/mol. The zero-order valence-corrected chi connectivity index (χ0v) is 36.4. The Morgan fingerprint density at radius 1 is 0.618 bits per heavy atom. The van der Waals surface area contributed by atoms with Gasteiger partial charge in [-0.25, -0.2) is 0 Å². The standard InChI is InChI=1S/C32H40N3.C17H15N2.Au/c1-21(2)26-16-12-17-27(22(3)4)30(26)34-20-35(33-32(34)25-14-10-9-11-15-25)31-28(23(5)6)18-13-19-29(31)24(7)8;1-17(2,3)12-5-7-16-14(9-12)13-8-11(10-18)4-6-15(13)19-16;/h9-24H,1-8H3;4-9H,1-3H3;/q2*-1;. The summed E-state index contributed by atoms with van der Waals surface area (Å²) in [5.41, 5.74) is 13.0. The van der Waals surface area contributed by atoms with Crippen LogP contribution in [-0.2, 0) is 27.8 Å². The number of amidine groups is 1. The normalized spacial score (nSPS) is 13.1. The molecule has 0 unspecified atom stereocenters. The molecule has 0 saturated carbocycles. The van der Waals surface area contributed by atoms with E-state index in [1.807, 2.05) is 18.2 Å². The molecule has 0 fully saturated rings. The second-order valence-corrected chi connectivity index (χ2v) is 16.7. The van der Waals surface area contributed by atoms with E-state index in [0.29, 0.717) is 29.2 Å². The summed E-state index contributed by atoms with van der Waals surface area (Å²) in [6.45, 7) is 27.0. The maximum absolute atomic E-state index is 9.02. The molecule has 0 spiro atoms. The van der Waals surface area contributed by atoms with Crippen LogP contribution in [0.5, 0.6) is 0 Å². The average molecular weight is 911 g/mol. The molecule has 5 aromatic carbocycles. The maximum Gasteiger partial charge on any atom is 0.129 e. The Morgan fingerprint density at radius 2 is 1.11 bits per heavy atom. The van der Waals surface area contributed by atoms with Crippen molar-refractivity contribution >= 4 is 39.0 Å². The van der Waals surface area contributed by atoms with Gasteiger partial charge < -0.3 is 14.9 Å². The van der Waals surface area contributed by atoms with Gasteiger partial charge in [-0.1, -0.05) is 167 Å². The summed E-state index contributed by atoms with van der Waals surface area (Å²) < 4.78 is 0. The first-order chi connectivity index (χ1) is 25.7. The van der Waals surface area contributed by atoms with Gasteiger partial charge in [-0.05, 0) is 79.8 Å². The van der Waals surface area contributed by atoms with Gasteiger partial charge in [-0.15, -0.1) is 17.7 Å². The number of hydrazone groups is 1. The van der Waals surface area contributed by atoms with E-state index >= 15 is 0 Å². The molecule has 0 atom stereocenters. The van der Waals surface area contributed by atoms with Gasteiger partial charge in [0, 0.05) is 39.3 Å². The number of hydrogen-bond acceptors (Lipinski definition) is 4. The second kappa shape index (κ2) is 17.0. The SMILES string of the molecule is CC(C)(C)c1ccc2[n-]c3ccc(C#N)cc3c2c1.CC(C)c1cccc(C(C)C)c1N1[CH-]N(c2c(C(C)C)cccc2C(C)C)C(c2ccccc2)=N1.[Au]. The Hall–Kier alpha value is -4.60. The minimum atomic E-state index is 0. The smallest absolute Gasteiger partial charge is 0.129 e. The van der Waals surface area contributed by atoms with Crippen molar-refractivity contribution in [2.45, 2.75) is 105 Å². The van der Waals surface area contributed by atoms with Gasteiger partial charge in [0.2, 0.25) is 0 Å². The van der Waals surface area contributed by atoms with Crippen LogP contribution in [0.15, 0.2) is 108 Å². The molecule has 2 heterocycles. The van der Waals surface area contributed by atoms with Crippen LogP contribution in [0.25, 0.3) is 21.8 Å². The van der Waals surface area contributed by atoms with Crippen LogP contribution in [-0.4, -0.2) is 5.84 Å². The molecule has 6 aromatic rings. The van der Waals surface area contributed by atoms with Crippen molar-refractivity contribution in [1.82, 2.24) is 4.98 Å². The molecule has 1 aromatic heterocycles. The van der Waals surface area contributed by atoms with E-state index in [2.05, 4.69) is 189 Å². The van der Waals surface area contributed by atoms with E-state index in [1.165, 1.54) is 39.2 Å².